The van der Waals surface area contributed by atoms with E-state index in [1.165, 1.54) is 50.8 Å². The second kappa shape index (κ2) is 6.05. The molecule has 1 aliphatic rings. The highest BCUT2D eigenvalue weighted by Crippen LogP contribution is 2.15. The van der Waals surface area contributed by atoms with Gasteiger partial charge in [0, 0.05) is 6.04 Å². The van der Waals surface area contributed by atoms with Crippen LogP contribution in [0.25, 0.3) is 0 Å². The van der Waals surface area contributed by atoms with Crippen molar-refractivity contribution in [3.05, 3.63) is 35.9 Å². The summed E-state index contributed by atoms with van der Waals surface area (Å²) in [6, 6.07) is 11.6. The molecule has 1 fully saturated rings. The van der Waals surface area contributed by atoms with Crippen LogP contribution in [0.5, 0.6) is 0 Å². The lowest BCUT2D eigenvalue weighted by atomic mass is 10.0. The lowest BCUT2D eigenvalue weighted by Crippen LogP contribution is -2.37. The molecule has 0 spiro atoms. The minimum atomic E-state index is 0.750. The number of rotatable bonds is 4. The van der Waals surface area contributed by atoms with Gasteiger partial charge < -0.3 is 4.90 Å². The third kappa shape index (κ3) is 3.34. The first kappa shape index (κ1) is 11.7. The molecule has 88 valence electrons. The van der Waals surface area contributed by atoms with Crippen LogP contribution in [0.3, 0.4) is 0 Å². The lowest BCUT2D eigenvalue weighted by Gasteiger charge is -2.32. The Balaban J connectivity index is 1.76. The van der Waals surface area contributed by atoms with E-state index in [2.05, 4.69) is 42.2 Å². The highest BCUT2D eigenvalue weighted by atomic mass is 15.1. The second-order valence-electron chi connectivity index (χ2n) is 4.97. The molecule has 0 amide bonds. The molecule has 1 aromatic carbocycles. The van der Waals surface area contributed by atoms with E-state index >= 15 is 0 Å². The molecule has 0 N–H and O–H groups in total. The number of likely N-dealkylation sites (tertiary alicyclic amines) is 1. The first-order valence-corrected chi connectivity index (χ1v) is 6.64. The summed E-state index contributed by atoms with van der Waals surface area (Å²) in [4.78, 5) is 2.66. The number of hydrogen-bond donors (Lipinski definition) is 0. The third-order valence-corrected chi connectivity index (χ3v) is 3.71. The molecule has 1 heteroatoms. The molecule has 1 aliphatic heterocycles. The number of piperidine rings is 1. The average molecular weight is 217 g/mol. The summed E-state index contributed by atoms with van der Waals surface area (Å²) in [6.07, 6.45) is 6.75. The van der Waals surface area contributed by atoms with Crippen LogP contribution in [0, 0.1) is 0 Å². The van der Waals surface area contributed by atoms with Crippen molar-refractivity contribution in [2.75, 3.05) is 13.1 Å². The lowest BCUT2D eigenvalue weighted by molar-refractivity contribution is 0.167. The van der Waals surface area contributed by atoms with Gasteiger partial charge in [-0.25, -0.2) is 0 Å². The molecule has 1 heterocycles. The largest absolute Gasteiger partial charge is 0.301 e. The van der Waals surface area contributed by atoms with E-state index in [9.17, 15) is 0 Å². The van der Waals surface area contributed by atoms with E-state index in [4.69, 9.17) is 0 Å². The standard InChI is InChI=1S/C15H23N/c1-14(16-12-6-3-7-13-16)10-11-15-8-4-2-5-9-15/h2,4-5,8-9,14H,3,6-7,10-13H2,1H3/t14-/m0/s1. The summed E-state index contributed by atoms with van der Waals surface area (Å²) in [5, 5.41) is 0. The summed E-state index contributed by atoms with van der Waals surface area (Å²) in [7, 11) is 0. The van der Waals surface area contributed by atoms with Crippen LogP contribution < -0.4 is 0 Å². The molecular weight excluding hydrogens is 194 g/mol. The SMILES string of the molecule is C[C@@H](CCc1ccccc1)N1CCCCC1. The number of benzene rings is 1. The van der Waals surface area contributed by atoms with Crippen LogP contribution >= 0.6 is 0 Å². The van der Waals surface area contributed by atoms with Crippen molar-refractivity contribution in [2.45, 2.75) is 45.1 Å². The average Bonchev–Trinajstić information content (AvgIpc) is 2.38. The summed E-state index contributed by atoms with van der Waals surface area (Å²) >= 11 is 0. The second-order valence-corrected chi connectivity index (χ2v) is 4.97. The van der Waals surface area contributed by atoms with Gasteiger partial charge in [0.1, 0.15) is 0 Å². The first-order valence-electron chi connectivity index (χ1n) is 6.64. The summed E-state index contributed by atoms with van der Waals surface area (Å²) in [5.74, 6) is 0. The van der Waals surface area contributed by atoms with Crippen LogP contribution in [0.1, 0.15) is 38.2 Å². The van der Waals surface area contributed by atoms with Crippen molar-refractivity contribution < 1.29 is 0 Å². The van der Waals surface area contributed by atoms with Gasteiger partial charge in [-0.15, -0.1) is 0 Å². The molecule has 0 saturated carbocycles. The van der Waals surface area contributed by atoms with Gasteiger partial charge >= 0.3 is 0 Å². The summed E-state index contributed by atoms with van der Waals surface area (Å²) in [5.41, 5.74) is 1.48. The highest BCUT2D eigenvalue weighted by molar-refractivity contribution is 5.14. The van der Waals surface area contributed by atoms with Gasteiger partial charge in [-0.05, 0) is 51.3 Å². The Morgan fingerprint density at radius 3 is 2.44 bits per heavy atom. The minimum absolute atomic E-state index is 0.750. The smallest absolute Gasteiger partial charge is 0.00700 e. The topological polar surface area (TPSA) is 3.24 Å². The fraction of sp³-hybridized carbons (Fsp3) is 0.600. The zero-order valence-electron chi connectivity index (χ0n) is 10.4. The molecule has 0 aromatic heterocycles. The summed E-state index contributed by atoms with van der Waals surface area (Å²) in [6.45, 7) is 5.01. The Labute approximate surface area is 99.5 Å². The van der Waals surface area contributed by atoms with E-state index in [1.54, 1.807) is 0 Å². The Hall–Kier alpha value is -0.820. The molecule has 2 rings (SSSR count). The quantitative estimate of drug-likeness (QED) is 0.746. The van der Waals surface area contributed by atoms with E-state index < -0.39 is 0 Å². The third-order valence-electron chi connectivity index (χ3n) is 3.71. The molecular formula is C15H23N. The van der Waals surface area contributed by atoms with Crippen molar-refractivity contribution in [3.8, 4) is 0 Å². The molecule has 1 saturated heterocycles. The molecule has 16 heavy (non-hydrogen) atoms. The van der Waals surface area contributed by atoms with Gasteiger partial charge in [0.05, 0.1) is 0 Å². The van der Waals surface area contributed by atoms with E-state index in [0.29, 0.717) is 0 Å². The van der Waals surface area contributed by atoms with Crippen LogP contribution in [-0.4, -0.2) is 24.0 Å². The van der Waals surface area contributed by atoms with E-state index in [0.717, 1.165) is 6.04 Å². The van der Waals surface area contributed by atoms with Gasteiger partial charge in [-0.3, -0.25) is 0 Å². The minimum Gasteiger partial charge on any atom is -0.301 e. The number of hydrogen-bond acceptors (Lipinski definition) is 1. The molecule has 0 aliphatic carbocycles. The molecule has 0 bridgehead atoms. The van der Waals surface area contributed by atoms with Crippen LogP contribution in [0.15, 0.2) is 30.3 Å². The Bertz CT molecular complexity index is 288. The molecule has 1 atom stereocenters. The maximum atomic E-state index is 2.66. The molecule has 1 nitrogen and oxygen atoms in total. The van der Waals surface area contributed by atoms with Gasteiger partial charge in [-0.1, -0.05) is 36.8 Å². The number of nitrogens with zero attached hydrogens (tertiary/aromatic N) is 1. The maximum Gasteiger partial charge on any atom is 0.00700 e. The predicted octanol–water partition coefficient (Wildman–Crippen LogP) is 3.49. The maximum absolute atomic E-state index is 2.66. The van der Waals surface area contributed by atoms with Crippen molar-refractivity contribution in [1.29, 1.82) is 0 Å². The Kier molecular flexibility index (Phi) is 4.41. The van der Waals surface area contributed by atoms with Gasteiger partial charge in [0.2, 0.25) is 0 Å². The van der Waals surface area contributed by atoms with Crippen LogP contribution in [-0.2, 0) is 6.42 Å². The van der Waals surface area contributed by atoms with Gasteiger partial charge in [0.25, 0.3) is 0 Å². The Morgan fingerprint density at radius 1 is 1.06 bits per heavy atom. The first-order chi connectivity index (χ1) is 7.86. The van der Waals surface area contributed by atoms with Crippen molar-refractivity contribution in [1.82, 2.24) is 4.90 Å². The van der Waals surface area contributed by atoms with Crippen molar-refractivity contribution in [3.63, 3.8) is 0 Å². The van der Waals surface area contributed by atoms with E-state index in [-0.39, 0.29) is 0 Å². The fourth-order valence-electron chi connectivity index (χ4n) is 2.56. The molecule has 0 unspecified atom stereocenters. The zero-order chi connectivity index (χ0) is 11.2. The fourth-order valence-corrected chi connectivity index (χ4v) is 2.56. The zero-order valence-corrected chi connectivity index (χ0v) is 10.4. The van der Waals surface area contributed by atoms with Crippen molar-refractivity contribution in [2.24, 2.45) is 0 Å². The monoisotopic (exact) mass is 217 g/mol. The highest BCUT2D eigenvalue weighted by Gasteiger charge is 2.15. The Morgan fingerprint density at radius 2 is 1.75 bits per heavy atom. The number of aryl methyl sites for hydroxylation is 1. The van der Waals surface area contributed by atoms with Crippen molar-refractivity contribution >= 4 is 0 Å². The predicted molar refractivity (Wildman–Crippen MR) is 69.6 cm³/mol. The molecule has 1 aromatic rings. The normalized spacial score (nSPS) is 19.6. The van der Waals surface area contributed by atoms with Gasteiger partial charge in [-0.2, -0.15) is 0 Å². The summed E-state index contributed by atoms with van der Waals surface area (Å²) < 4.78 is 0. The molecule has 0 radical (unpaired) electrons. The van der Waals surface area contributed by atoms with Crippen LogP contribution in [0.2, 0.25) is 0 Å². The van der Waals surface area contributed by atoms with E-state index in [1.807, 2.05) is 0 Å². The van der Waals surface area contributed by atoms with Gasteiger partial charge in [0.15, 0.2) is 0 Å². The van der Waals surface area contributed by atoms with Crippen LogP contribution in [0.4, 0.5) is 0 Å².